The molecule has 0 spiro atoms. The lowest BCUT2D eigenvalue weighted by Crippen LogP contribution is -2.39. The molecular weight excluding hydrogens is 324 g/mol. The van der Waals surface area contributed by atoms with Gasteiger partial charge in [-0.2, -0.15) is 0 Å². The van der Waals surface area contributed by atoms with Crippen molar-refractivity contribution >= 4 is 29.3 Å². The molecular formula is C17H18N4O2S. The Morgan fingerprint density at radius 1 is 1.25 bits per heavy atom. The zero-order valence-corrected chi connectivity index (χ0v) is 14.1. The fourth-order valence-electron chi connectivity index (χ4n) is 2.47. The number of rotatable bonds is 4. The molecule has 0 radical (unpaired) electrons. The molecule has 1 atom stereocenters. The number of pyridine rings is 2. The first-order valence-corrected chi connectivity index (χ1v) is 8.53. The van der Waals surface area contributed by atoms with Gasteiger partial charge in [-0.1, -0.05) is 17.8 Å². The predicted octanol–water partition coefficient (Wildman–Crippen LogP) is 2.43. The number of nitrogens with zero attached hydrogens (tertiary/aromatic N) is 3. The van der Waals surface area contributed by atoms with Gasteiger partial charge in [0.05, 0.1) is 0 Å². The van der Waals surface area contributed by atoms with Crippen molar-refractivity contribution in [1.82, 2.24) is 14.9 Å². The predicted molar refractivity (Wildman–Crippen MR) is 91.6 cm³/mol. The van der Waals surface area contributed by atoms with Crippen molar-refractivity contribution in [2.75, 3.05) is 18.9 Å². The summed E-state index contributed by atoms with van der Waals surface area (Å²) >= 11 is 1.43. The molecule has 124 valence electrons. The minimum atomic E-state index is -0.270. The summed E-state index contributed by atoms with van der Waals surface area (Å²) in [7, 11) is 1.76. The maximum Gasteiger partial charge on any atom is 0.228 e. The van der Waals surface area contributed by atoms with Crippen LogP contribution in [0.3, 0.4) is 0 Å². The summed E-state index contributed by atoms with van der Waals surface area (Å²) in [4.78, 5) is 34.3. The van der Waals surface area contributed by atoms with Crippen LogP contribution in [0.5, 0.6) is 0 Å². The summed E-state index contributed by atoms with van der Waals surface area (Å²) in [5, 5.41) is 4.49. The van der Waals surface area contributed by atoms with E-state index in [-0.39, 0.29) is 24.2 Å². The Labute approximate surface area is 144 Å². The highest BCUT2D eigenvalue weighted by Crippen LogP contribution is 2.26. The second-order valence-electron chi connectivity index (χ2n) is 5.65. The SMILES string of the molecule is CN1CC[C@@H](C(=O)Nc2ccnc(Sc3ccccn3)c2)CC1=O. The summed E-state index contributed by atoms with van der Waals surface area (Å²) in [5.74, 6) is -0.368. The maximum absolute atomic E-state index is 12.4. The summed E-state index contributed by atoms with van der Waals surface area (Å²) < 4.78 is 0. The molecule has 7 heteroatoms. The van der Waals surface area contributed by atoms with Crippen LogP contribution in [-0.2, 0) is 9.59 Å². The smallest absolute Gasteiger partial charge is 0.228 e. The van der Waals surface area contributed by atoms with E-state index in [1.165, 1.54) is 11.8 Å². The highest BCUT2D eigenvalue weighted by atomic mass is 32.2. The molecule has 2 amide bonds. The Bertz CT molecular complexity index is 738. The lowest BCUT2D eigenvalue weighted by atomic mass is 9.95. The number of anilines is 1. The lowest BCUT2D eigenvalue weighted by molar-refractivity contribution is -0.137. The van der Waals surface area contributed by atoms with Crippen molar-refractivity contribution in [3.8, 4) is 0 Å². The Kier molecular flexibility index (Phi) is 5.10. The Morgan fingerprint density at radius 3 is 2.83 bits per heavy atom. The fraction of sp³-hybridized carbons (Fsp3) is 0.294. The van der Waals surface area contributed by atoms with Gasteiger partial charge in [-0.15, -0.1) is 0 Å². The van der Waals surface area contributed by atoms with Gasteiger partial charge in [-0.25, -0.2) is 9.97 Å². The van der Waals surface area contributed by atoms with Gasteiger partial charge in [0, 0.05) is 44.0 Å². The normalized spacial score (nSPS) is 17.6. The van der Waals surface area contributed by atoms with Gasteiger partial charge < -0.3 is 10.2 Å². The summed E-state index contributed by atoms with van der Waals surface area (Å²) in [6.45, 7) is 0.619. The molecule has 0 saturated carbocycles. The third-order valence-electron chi connectivity index (χ3n) is 3.88. The van der Waals surface area contributed by atoms with Gasteiger partial charge >= 0.3 is 0 Å². The molecule has 1 aliphatic heterocycles. The fourth-order valence-corrected chi connectivity index (χ4v) is 3.24. The van der Waals surface area contributed by atoms with Crippen molar-refractivity contribution in [2.24, 2.45) is 5.92 Å². The minimum Gasteiger partial charge on any atom is -0.346 e. The number of carbonyl (C=O) groups is 2. The monoisotopic (exact) mass is 342 g/mol. The number of hydrogen-bond acceptors (Lipinski definition) is 5. The molecule has 0 aromatic carbocycles. The van der Waals surface area contributed by atoms with E-state index in [0.29, 0.717) is 18.7 Å². The molecule has 0 aliphatic carbocycles. The number of aromatic nitrogens is 2. The third kappa shape index (κ3) is 4.11. The average molecular weight is 342 g/mol. The van der Waals surface area contributed by atoms with E-state index < -0.39 is 0 Å². The van der Waals surface area contributed by atoms with Crippen LogP contribution in [0.1, 0.15) is 12.8 Å². The van der Waals surface area contributed by atoms with E-state index in [1.807, 2.05) is 24.3 Å². The Morgan fingerprint density at radius 2 is 2.08 bits per heavy atom. The second-order valence-corrected chi connectivity index (χ2v) is 6.69. The zero-order valence-electron chi connectivity index (χ0n) is 13.3. The van der Waals surface area contributed by atoms with Gasteiger partial charge in [0.15, 0.2) is 0 Å². The number of nitrogens with one attached hydrogen (secondary N) is 1. The molecule has 1 saturated heterocycles. The third-order valence-corrected chi connectivity index (χ3v) is 4.76. The van der Waals surface area contributed by atoms with E-state index in [4.69, 9.17) is 0 Å². The van der Waals surface area contributed by atoms with Crippen molar-refractivity contribution in [3.63, 3.8) is 0 Å². The molecule has 2 aromatic heterocycles. The number of amides is 2. The van der Waals surface area contributed by atoms with Crippen LogP contribution in [0, 0.1) is 5.92 Å². The topological polar surface area (TPSA) is 75.2 Å². The van der Waals surface area contributed by atoms with Crippen molar-refractivity contribution in [3.05, 3.63) is 42.7 Å². The van der Waals surface area contributed by atoms with Crippen LogP contribution in [0.15, 0.2) is 52.8 Å². The number of likely N-dealkylation sites (tertiary alicyclic amines) is 1. The number of piperidine rings is 1. The van der Waals surface area contributed by atoms with Crippen LogP contribution in [0.4, 0.5) is 5.69 Å². The number of carbonyl (C=O) groups excluding carboxylic acids is 2. The maximum atomic E-state index is 12.4. The highest BCUT2D eigenvalue weighted by molar-refractivity contribution is 7.99. The van der Waals surface area contributed by atoms with E-state index in [0.717, 1.165) is 10.1 Å². The van der Waals surface area contributed by atoms with Crippen LogP contribution in [-0.4, -0.2) is 40.3 Å². The molecule has 6 nitrogen and oxygen atoms in total. The summed E-state index contributed by atoms with van der Waals surface area (Å²) in [6.07, 6.45) is 4.34. The van der Waals surface area contributed by atoms with E-state index in [2.05, 4.69) is 15.3 Å². The Hall–Kier alpha value is -2.41. The molecule has 24 heavy (non-hydrogen) atoms. The molecule has 1 aliphatic rings. The largest absolute Gasteiger partial charge is 0.346 e. The van der Waals surface area contributed by atoms with Gasteiger partial charge in [0.2, 0.25) is 11.8 Å². The van der Waals surface area contributed by atoms with Gasteiger partial charge in [-0.3, -0.25) is 9.59 Å². The molecule has 3 heterocycles. The van der Waals surface area contributed by atoms with E-state index >= 15 is 0 Å². The van der Waals surface area contributed by atoms with Crippen molar-refractivity contribution < 1.29 is 9.59 Å². The minimum absolute atomic E-state index is 0.0162. The average Bonchev–Trinajstić information content (AvgIpc) is 2.58. The van der Waals surface area contributed by atoms with Crippen LogP contribution < -0.4 is 5.32 Å². The highest BCUT2D eigenvalue weighted by Gasteiger charge is 2.28. The van der Waals surface area contributed by atoms with E-state index in [1.54, 1.807) is 30.4 Å². The molecule has 1 fully saturated rings. The lowest BCUT2D eigenvalue weighted by Gasteiger charge is -2.27. The molecule has 3 rings (SSSR count). The molecule has 2 aromatic rings. The first-order chi connectivity index (χ1) is 11.6. The molecule has 1 N–H and O–H groups in total. The van der Waals surface area contributed by atoms with Gasteiger partial charge in [-0.05, 0) is 30.7 Å². The van der Waals surface area contributed by atoms with Crippen LogP contribution >= 0.6 is 11.8 Å². The Balaban J connectivity index is 1.64. The number of hydrogen-bond donors (Lipinski definition) is 1. The van der Waals surface area contributed by atoms with Crippen molar-refractivity contribution in [1.29, 1.82) is 0 Å². The molecule has 0 unspecified atom stereocenters. The van der Waals surface area contributed by atoms with Gasteiger partial charge in [0.1, 0.15) is 10.1 Å². The molecule has 0 bridgehead atoms. The summed E-state index contributed by atoms with van der Waals surface area (Å²) in [5.41, 5.74) is 0.680. The zero-order chi connectivity index (χ0) is 16.9. The van der Waals surface area contributed by atoms with Crippen LogP contribution in [0.2, 0.25) is 0 Å². The quantitative estimate of drug-likeness (QED) is 0.924. The summed E-state index contributed by atoms with van der Waals surface area (Å²) in [6, 6.07) is 9.24. The second kappa shape index (κ2) is 7.44. The standard InChI is InChI=1S/C17H18N4O2S/c1-21-9-6-12(10-16(21)22)17(23)20-13-5-8-19-15(11-13)24-14-4-2-3-7-18-14/h2-5,7-8,11-12H,6,9-10H2,1H3,(H,19,20,23)/t12-/m1/s1. The van der Waals surface area contributed by atoms with Gasteiger partial charge in [0.25, 0.3) is 0 Å². The van der Waals surface area contributed by atoms with Crippen LogP contribution in [0.25, 0.3) is 0 Å². The first kappa shape index (κ1) is 16.4. The van der Waals surface area contributed by atoms with E-state index in [9.17, 15) is 9.59 Å². The first-order valence-electron chi connectivity index (χ1n) is 7.71. The van der Waals surface area contributed by atoms with Crippen molar-refractivity contribution in [2.45, 2.75) is 22.9 Å².